The molecular formula is C11H11ClN2. The Morgan fingerprint density at radius 2 is 2.00 bits per heavy atom. The van der Waals surface area contributed by atoms with Crippen molar-refractivity contribution in [1.29, 1.82) is 0 Å². The third-order valence-electron chi connectivity index (χ3n) is 2.01. The third-order valence-corrected chi connectivity index (χ3v) is 2.34. The van der Waals surface area contributed by atoms with Gasteiger partial charge in [-0.15, -0.1) is 0 Å². The number of halogens is 1. The molecule has 1 heterocycles. The number of nitrogens with one attached hydrogen (secondary N) is 2. The highest BCUT2D eigenvalue weighted by molar-refractivity contribution is 6.33. The Labute approximate surface area is 87.9 Å². The molecular weight excluding hydrogens is 196 g/mol. The molecule has 1 aromatic heterocycles. The lowest BCUT2D eigenvalue weighted by Crippen LogP contribution is -1.99. The molecule has 2 aromatic rings. The fraction of sp³-hybridized carbons (Fsp3) is 0.0909. The Balaban J connectivity index is 2.02. The van der Waals surface area contributed by atoms with E-state index >= 15 is 0 Å². The van der Waals surface area contributed by atoms with Crippen LogP contribution in [-0.4, -0.2) is 4.98 Å². The number of hydrogen-bond donors (Lipinski definition) is 2. The molecule has 0 aliphatic rings. The summed E-state index contributed by atoms with van der Waals surface area (Å²) < 4.78 is 0. The van der Waals surface area contributed by atoms with Crippen LogP contribution in [0.25, 0.3) is 0 Å². The maximum atomic E-state index is 5.99. The Bertz CT molecular complexity index is 395. The molecule has 0 fully saturated rings. The molecule has 2 N–H and O–H groups in total. The maximum absolute atomic E-state index is 5.99. The van der Waals surface area contributed by atoms with Crippen molar-refractivity contribution in [3.05, 3.63) is 53.3 Å². The van der Waals surface area contributed by atoms with Crippen LogP contribution < -0.4 is 5.32 Å². The minimum absolute atomic E-state index is 0.749. The molecule has 3 heteroatoms. The van der Waals surface area contributed by atoms with Crippen LogP contribution in [0.2, 0.25) is 5.02 Å². The molecule has 0 unspecified atom stereocenters. The van der Waals surface area contributed by atoms with Crippen molar-refractivity contribution in [2.75, 3.05) is 5.32 Å². The molecule has 2 nitrogen and oxygen atoms in total. The Kier molecular flexibility index (Phi) is 2.75. The average Bonchev–Trinajstić information content (AvgIpc) is 2.69. The minimum Gasteiger partial charge on any atom is -0.378 e. The number of hydrogen-bond acceptors (Lipinski definition) is 1. The molecule has 0 saturated heterocycles. The Morgan fingerprint density at radius 1 is 1.14 bits per heavy atom. The molecule has 0 bridgehead atoms. The van der Waals surface area contributed by atoms with Crippen molar-refractivity contribution >= 4 is 17.3 Å². The van der Waals surface area contributed by atoms with Gasteiger partial charge in [-0.2, -0.15) is 0 Å². The lowest BCUT2D eigenvalue weighted by molar-refractivity contribution is 1.07. The first kappa shape index (κ1) is 9.16. The minimum atomic E-state index is 0.749. The zero-order chi connectivity index (χ0) is 9.80. The fourth-order valence-electron chi connectivity index (χ4n) is 1.27. The molecule has 14 heavy (non-hydrogen) atoms. The van der Waals surface area contributed by atoms with Crippen molar-refractivity contribution in [1.82, 2.24) is 4.98 Å². The first-order valence-electron chi connectivity index (χ1n) is 4.47. The van der Waals surface area contributed by atoms with Crippen molar-refractivity contribution in [2.24, 2.45) is 0 Å². The van der Waals surface area contributed by atoms with Gasteiger partial charge in [-0.3, -0.25) is 0 Å². The SMILES string of the molecule is Clc1ccccc1NCc1ccc[nH]1. The van der Waals surface area contributed by atoms with Crippen molar-refractivity contribution in [3.63, 3.8) is 0 Å². The van der Waals surface area contributed by atoms with Crippen LogP contribution in [0.1, 0.15) is 5.69 Å². The Hall–Kier alpha value is -1.41. The van der Waals surface area contributed by atoms with Crippen LogP contribution in [0.3, 0.4) is 0 Å². The summed E-state index contributed by atoms with van der Waals surface area (Å²) in [4.78, 5) is 3.12. The quantitative estimate of drug-likeness (QED) is 0.793. The summed E-state index contributed by atoms with van der Waals surface area (Å²) in [7, 11) is 0. The predicted molar refractivity (Wildman–Crippen MR) is 59.6 cm³/mol. The summed E-state index contributed by atoms with van der Waals surface area (Å²) in [5.74, 6) is 0. The fourth-order valence-corrected chi connectivity index (χ4v) is 1.48. The summed E-state index contributed by atoms with van der Waals surface area (Å²) in [6, 6.07) is 11.7. The van der Waals surface area contributed by atoms with E-state index in [1.54, 1.807) is 0 Å². The molecule has 0 amide bonds. The summed E-state index contributed by atoms with van der Waals surface area (Å²) >= 11 is 5.99. The zero-order valence-corrected chi connectivity index (χ0v) is 8.38. The second-order valence-corrected chi connectivity index (χ2v) is 3.44. The first-order chi connectivity index (χ1) is 6.86. The Morgan fingerprint density at radius 3 is 2.71 bits per heavy atom. The van der Waals surface area contributed by atoms with Crippen LogP contribution in [0, 0.1) is 0 Å². The molecule has 0 aliphatic carbocycles. The zero-order valence-electron chi connectivity index (χ0n) is 7.63. The summed E-state index contributed by atoms with van der Waals surface area (Å²) in [6.45, 7) is 0.761. The third kappa shape index (κ3) is 2.09. The van der Waals surface area contributed by atoms with Gasteiger partial charge in [-0.1, -0.05) is 23.7 Å². The molecule has 2 rings (SSSR count). The van der Waals surface area contributed by atoms with Gasteiger partial charge in [0.05, 0.1) is 17.3 Å². The maximum Gasteiger partial charge on any atom is 0.0637 e. The van der Waals surface area contributed by atoms with Gasteiger partial charge in [-0.25, -0.2) is 0 Å². The first-order valence-corrected chi connectivity index (χ1v) is 4.85. The van der Waals surface area contributed by atoms with Crippen LogP contribution in [-0.2, 0) is 6.54 Å². The number of rotatable bonds is 3. The van der Waals surface area contributed by atoms with E-state index in [0.717, 1.165) is 22.9 Å². The van der Waals surface area contributed by atoms with E-state index in [1.807, 2.05) is 42.6 Å². The van der Waals surface area contributed by atoms with Crippen molar-refractivity contribution in [3.8, 4) is 0 Å². The standard InChI is InChI=1S/C11H11ClN2/c12-10-5-1-2-6-11(10)14-8-9-4-3-7-13-9/h1-7,13-14H,8H2. The second kappa shape index (κ2) is 4.20. The molecule has 0 saturated carbocycles. The van der Waals surface area contributed by atoms with Gasteiger partial charge < -0.3 is 10.3 Å². The molecule has 0 aliphatic heterocycles. The summed E-state index contributed by atoms with van der Waals surface area (Å²) in [5, 5.41) is 4.00. The molecule has 0 spiro atoms. The topological polar surface area (TPSA) is 27.8 Å². The van der Waals surface area contributed by atoms with Gasteiger partial charge in [0, 0.05) is 11.9 Å². The monoisotopic (exact) mass is 206 g/mol. The van der Waals surface area contributed by atoms with Crippen LogP contribution in [0.15, 0.2) is 42.6 Å². The largest absolute Gasteiger partial charge is 0.378 e. The van der Waals surface area contributed by atoms with Crippen LogP contribution in [0.5, 0.6) is 0 Å². The number of aromatic nitrogens is 1. The van der Waals surface area contributed by atoms with Crippen molar-refractivity contribution in [2.45, 2.75) is 6.54 Å². The van der Waals surface area contributed by atoms with E-state index in [9.17, 15) is 0 Å². The van der Waals surface area contributed by atoms with Gasteiger partial charge in [0.1, 0.15) is 0 Å². The molecule has 72 valence electrons. The lowest BCUT2D eigenvalue weighted by atomic mass is 10.3. The van der Waals surface area contributed by atoms with E-state index < -0.39 is 0 Å². The normalized spacial score (nSPS) is 10.1. The highest BCUT2D eigenvalue weighted by Crippen LogP contribution is 2.20. The second-order valence-electron chi connectivity index (χ2n) is 3.03. The molecule has 0 radical (unpaired) electrons. The van der Waals surface area contributed by atoms with Gasteiger partial charge in [0.25, 0.3) is 0 Å². The van der Waals surface area contributed by atoms with Crippen LogP contribution >= 0.6 is 11.6 Å². The van der Waals surface area contributed by atoms with E-state index in [0.29, 0.717) is 0 Å². The highest BCUT2D eigenvalue weighted by Gasteiger charge is 1.97. The van der Waals surface area contributed by atoms with Gasteiger partial charge in [-0.05, 0) is 24.3 Å². The number of aromatic amines is 1. The summed E-state index contributed by atoms with van der Waals surface area (Å²) in [5.41, 5.74) is 2.11. The number of benzene rings is 1. The molecule has 1 aromatic carbocycles. The van der Waals surface area contributed by atoms with E-state index in [1.165, 1.54) is 0 Å². The summed E-state index contributed by atoms with van der Waals surface area (Å²) in [6.07, 6.45) is 1.91. The predicted octanol–water partition coefficient (Wildman–Crippen LogP) is 3.28. The van der Waals surface area contributed by atoms with E-state index in [2.05, 4.69) is 10.3 Å². The van der Waals surface area contributed by atoms with E-state index in [-0.39, 0.29) is 0 Å². The molecule has 0 atom stereocenters. The van der Waals surface area contributed by atoms with Gasteiger partial charge in [0.2, 0.25) is 0 Å². The van der Waals surface area contributed by atoms with Crippen LogP contribution in [0.4, 0.5) is 5.69 Å². The number of anilines is 1. The van der Waals surface area contributed by atoms with Gasteiger partial charge in [0.15, 0.2) is 0 Å². The highest BCUT2D eigenvalue weighted by atomic mass is 35.5. The van der Waals surface area contributed by atoms with Crippen molar-refractivity contribution < 1.29 is 0 Å². The number of H-pyrrole nitrogens is 1. The number of para-hydroxylation sites is 1. The van der Waals surface area contributed by atoms with Gasteiger partial charge >= 0.3 is 0 Å². The lowest BCUT2D eigenvalue weighted by Gasteiger charge is -2.06. The average molecular weight is 207 g/mol. The van der Waals surface area contributed by atoms with E-state index in [4.69, 9.17) is 11.6 Å². The smallest absolute Gasteiger partial charge is 0.0637 e.